The second-order valence-electron chi connectivity index (χ2n) is 6.17. The van der Waals surface area contributed by atoms with Crippen LogP contribution >= 0.6 is 11.8 Å². The Kier molecular flexibility index (Phi) is 7.12. The lowest BCUT2D eigenvalue weighted by atomic mass is 10.2. The standard InChI is InChI=1S/C21H18N4O4S/c26-18(23-16-10-8-15(9-11-16)20(28)29)13-17-19(27)24-21(30-17)25-22-12-4-7-14-5-2-1-3-6-14/h1-12,17H,13H2,(H,23,26)(H,28,29)(H,24,25,27)/b7-4+,22-12?. The van der Waals surface area contributed by atoms with E-state index in [4.69, 9.17) is 5.11 Å². The van der Waals surface area contributed by atoms with Gasteiger partial charge in [-0.2, -0.15) is 5.10 Å². The third-order valence-corrected chi connectivity index (χ3v) is 5.02. The van der Waals surface area contributed by atoms with Crippen molar-refractivity contribution < 1.29 is 19.5 Å². The summed E-state index contributed by atoms with van der Waals surface area (Å²) >= 11 is 1.13. The van der Waals surface area contributed by atoms with Gasteiger partial charge in [-0.3, -0.25) is 9.59 Å². The van der Waals surface area contributed by atoms with Crippen LogP contribution in [0.2, 0.25) is 0 Å². The number of benzene rings is 2. The first-order valence-electron chi connectivity index (χ1n) is 8.95. The number of hydrogen-bond acceptors (Lipinski definition) is 6. The zero-order chi connectivity index (χ0) is 21.3. The summed E-state index contributed by atoms with van der Waals surface area (Å²) in [6.07, 6.45) is 5.07. The molecule has 3 rings (SSSR count). The van der Waals surface area contributed by atoms with Crippen LogP contribution in [0.4, 0.5) is 5.69 Å². The number of rotatable bonds is 7. The van der Waals surface area contributed by atoms with E-state index in [1.54, 1.807) is 6.08 Å². The van der Waals surface area contributed by atoms with Crippen molar-refractivity contribution in [3.05, 3.63) is 71.8 Å². The minimum absolute atomic E-state index is 0.0478. The van der Waals surface area contributed by atoms with Crippen molar-refractivity contribution in [1.29, 1.82) is 0 Å². The van der Waals surface area contributed by atoms with Gasteiger partial charge in [-0.25, -0.2) is 4.79 Å². The fourth-order valence-corrected chi connectivity index (χ4v) is 3.43. The van der Waals surface area contributed by atoms with Crippen molar-refractivity contribution >= 4 is 52.7 Å². The Hall–Kier alpha value is -3.72. The molecular formula is C21H18N4O4S. The highest BCUT2D eigenvalue weighted by Gasteiger charge is 2.32. The molecule has 0 radical (unpaired) electrons. The highest BCUT2D eigenvalue weighted by Crippen LogP contribution is 2.23. The molecule has 1 unspecified atom stereocenters. The molecule has 0 bridgehead atoms. The molecule has 0 aromatic heterocycles. The van der Waals surface area contributed by atoms with E-state index in [0.717, 1.165) is 17.3 Å². The van der Waals surface area contributed by atoms with Crippen molar-refractivity contribution in [2.75, 3.05) is 5.32 Å². The van der Waals surface area contributed by atoms with Gasteiger partial charge in [0.15, 0.2) is 5.17 Å². The maximum atomic E-state index is 12.2. The molecule has 2 amide bonds. The zero-order valence-corrected chi connectivity index (χ0v) is 16.5. The average molecular weight is 422 g/mol. The molecule has 152 valence electrons. The van der Waals surface area contributed by atoms with Gasteiger partial charge in [0.25, 0.3) is 0 Å². The molecule has 1 atom stereocenters. The molecule has 3 N–H and O–H groups in total. The van der Waals surface area contributed by atoms with Gasteiger partial charge >= 0.3 is 5.97 Å². The number of nitrogens with zero attached hydrogens (tertiary/aromatic N) is 2. The normalized spacial score (nSPS) is 17.5. The Morgan fingerprint density at radius 1 is 1.13 bits per heavy atom. The van der Waals surface area contributed by atoms with Gasteiger partial charge in [-0.1, -0.05) is 48.2 Å². The average Bonchev–Trinajstić information content (AvgIpc) is 3.08. The summed E-state index contributed by atoms with van der Waals surface area (Å²) in [4.78, 5) is 35.1. The van der Waals surface area contributed by atoms with E-state index < -0.39 is 11.2 Å². The molecule has 1 heterocycles. The van der Waals surface area contributed by atoms with E-state index in [-0.39, 0.29) is 23.8 Å². The maximum absolute atomic E-state index is 12.2. The van der Waals surface area contributed by atoms with Gasteiger partial charge in [0.05, 0.1) is 5.56 Å². The van der Waals surface area contributed by atoms with Crippen LogP contribution < -0.4 is 10.6 Å². The van der Waals surface area contributed by atoms with Gasteiger partial charge < -0.3 is 15.7 Å². The lowest BCUT2D eigenvalue weighted by molar-refractivity contribution is -0.122. The number of amidine groups is 1. The molecule has 30 heavy (non-hydrogen) atoms. The molecule has 2 aromatic rings. The third-order valence-electron chi connectivity index (χ3n) is 3.95. The summed E-state index contributed by atoms with van der Waals surface area (Å²) < 4.78 is 0. The summed E-state index contributed by atoms with van der Waals surface area (Å²) in [5.41, 5.74) is 1.61. The van der Waals surface area contributed by atoms with E-state index in [1.807, 2.05) is 36.4 Å². The molecule has 1 aliphatic heterocycles. The van der Waals surface area contributed by atoms with Crippen LogP contribution in [0.3, 0.4) is 0 Å². The molecule has 1 fully saturated rings. The molecule has 9 heteroatoms. The van der Waals surface area contributed by atoms with Crippen LogP contribution in [-0.2, 0) is 9.59 Å². The smallest absolute Gasteiger partial charge is 0.335 e. The van der Waals surface area contributed by atoms with Crippen LogP contribution in [0, 0.1) is 0 Å². The van der Waals surface area contributed by atoms with Gasteiger partial charge in [-0.15, -0.1) is 5.10 Å². The van der Waals surface area contributed by atoms with E-state index in [1.165, 1.54) is 30.5 Å². The maximum Gasteiger partial charge on any atom is 0.335 e. The quantitative estimate of drug-likeness (QED) is 0.468. The summed E-state index contributed by atoms with van der Waals surface area (Å²) in [6, 6.07) is 15.5. The van der Waals surface area contributed by atoms with Crippen LogP contribution in [0.15, 0.2) is 70.9 Å². The monoisotopic (exact) mass is 422 g/mol. The Labute approximate surface area is 176 Å². The van der Waals surface area contributed by atoms with E-state index in [0.29, 0.717) is 10.9 Å². The predicted octanol–water partition coefficient (Wildman–Crippen LogP) is 3.00. The number of allylic oxidation sites excluding steroid dienone is 1. The highest BCUT2D eigenvalue weighted by atomic mass is 32.2. The first-order valence-corrected chi connectivity index (χ1v) is 9.83. The van der Waals surface area contributed by atoms with Crippen LogP contribution in [0.1, 0.15) is 22.3 Å². The third kappa shape index (κ3) is 6.14. The van der Waals surface area contributed by atoms with Gasteiger partial charge in [0, 0.05) is 18.3 Å². The summed E-state index contributed by atoms with van der Waals surface area (Å²) in [7, 11) is 0. The Morgan fingerprint density at radius 2 is 1.87 bits per heavy atom. The van der Waals surface area contributed by atoms with Crippen LogP contribution in [-0.4, -0.2) is 39.5 Å². The largest absolute Gasteiger partial charge is 0.478 e. The summed E-state index contributed by atoms with van der Waals surface area (Å²) in [5.74, 6) is -1.72. The number of anilines is 1. The molecular weight excluding hydrogens is 404 g/mol. The fourth-order valence-electron chi connectivity index (χ4n) is 2.51. The molecule has 1 saturated heterocycles. The SMILES string of the molecule is O=C(CC1SC(=NN=C/C=C/c2ccccc2)NC1=O)Nc1ccc(C(=O)O)cc1. The van der Waals surface area contributed by atoms with Gasteiger partial charge in [0.2, 0.25) is 11.8 Å². The summed E-state index contributed by atoms with van der Waals surface area (Å²) in [6.45, 7) is 0. The Balaban J connectivity index is 1.49. The van der Waals surface area contributed by atoms with E-state index >= 15 is 0 Å². The first-order chi connectivity index (χ1) is 14.5. The van der Waals surface area contributed by atoms with E-state index in [9.17, 15) is 14.4 Å². The Bertz CT molecular complexity index is 1020. The Morgan fingerprint density at radius 3 is 2.57 bits per heavy atom. The molecule has 0 spiro atoms. The number of carboxylic acids is 1. The second kappa shape index (κ2) is 10.2. The topological polar surface area (TPSA) is 120 Å². The number of nitrogens with one attached hydrogen (secondary N) is 2. The number of hydrogen-bond donors (Lipinski definition) is 3. The number of thioether (sulfide) groups is 1. The lowest BCUT2D eigenvalue weighted by Crippen LogP contribution is -2.28. The number of carbonyl (C=O) groups is 3. The lowest BCUT2D eigenvalue weighted by Gasteiger charge is -2.07. The number of amides is 2. The van der Waals surface area contributed by atoms with Crippen LogP contribution in [0.25, 0.3) is 6.08 Å². The van der Waals surface area contributed by atoms with E-state index in [2.05, 4.69) is 20.8 Å². The molecule has 2 aromatic carbocycles. The minimum Gasteiger partial charge on any atom is -0.478 e. The molecule has 8 nitrogen and oxygen atoms in total. The van der Waals surface area contributed by atoms with Crippen molar-refractivity contribution in [2.45, 2.75) is 11.7 Å². The van der Waals surface area contributed by atoms with Crippen molar-refractivity contribution in [3.63, 3.8) is 0 Å². The number of aromatic carboxylic acids is 1. The fraction of sp³-hybridized carbons (Fsp3) is 0.0952. The van der Waals surface area contributed by atoms with Gasteiger partial charge in [0.1, 0.15) is 5.25 Å². The molecule has 1 aliphatic rings. The highest BCUT2D eigenvalue weighted by molar-refractivity contribution is 8.15. The van der Waals surface area contributed by atoms with Crippen LogP contribution in [0.5, 0.6) is 0 Å². The zero-order valence-electron chi connectivity index (χ0n) is 15.7. The second-order valence-corrected chi connectivity index (χ2v) is 7.36. The molecule has 0 aliphatic carbocycles. The van der Waals surface area contributed by atoms with Crippen molar-refractivity contribution in [1.82, 2.24) is 5.32 Å². The van der Waals surface area contributed by atoms with Gasteiger partial charge in [-0.05, 0) is 35.9 Å². The predicted molar refractivity (Wildman–Crippen MR) is 118 cm³/mol. The minimum atomic E-state index is -1.04. The van der Waals surface area contributed by atoms with Crippen molar-refractivity contribution in [2.24, 2.45) is 10.2 Å². The molecule has 0 saturated carbocycles. The summed E-state index contributed by atoms with van der Waals surface area (Å²) in [5, 5.41) is 21.7. The number of carbonyl (C=O) groups excluding carboxylic acids is 2. The van der Waals surface area contributed by atoms with Crippen molar-refractivity contribution in [3.8, 4) is 0 Å². The number of carboxylic acid groups (broad SMARTS) is 1. The first kappa shape index (κ1) is 21.0.